The Morgan fingerprint density at radius 1 is 0.837 bits per heavy atom. The van der Waals surface area contributed by atoms with E-state index in [4.69, 9.17) is 21.7 Å². The number of ether oxygens (including phenoxy) is 2. The molecule has 0 bridgehead atoms. The van der Waals surface area contributed by atoms with Crippen LogP contribution in [-0.2, 0) is 26.1 Å². The highest BCUT2D eigenvalue weighted by Crippen LogP contribution is 2.33. The minimum atomic E-state index is -2.55. The molecule has 1 heterocycles. The molecule has 1 fully saturated rings. The molecule has 0 spiro atoms. The van der Waals surface area contributed by atoms with E-state index >= 15 is 0 Å². The summed E-state index contributed by atoms with van der Waals surface area (Å²) in [6.07, 6.45) is 1.30. The number of carbonyl (C=O) groups excluding carboxylic acids is 2. The van der Waals surface area contributed by atoms with Crippen molar-refractivity contribution in [1.82, 2.24) is 5.32 Å². The number of rotatable bonds is 7. The number of para-hydroxylation sites is 1. The number of nitrogens with zero attached hydrogens (tertiary/aromatic N) is 1. The average molecular weight is 612 g/mol. The van der Waals surface area contributed by atoms with E-state index in [2.05, 4.69) is 26.1 Å². The predicted molar refractivity (Wildman–Crippen MR) is 168 cm³/mol. The van der Waals surface area contributed by atoms with Gasteiger partial charge in [-0.15, -0.1) is 0 Å². The van der Waals surface area contributed by atoms with Crippen LogP contribution in [0.4, 0.5) is 5.69 Å². The van der Waals surface area contributed by atoms with Gasteiger partial charge in [-0.3, -0.25) is 24.0 Å². The van der Waals surface area contributed by atoms with Crippen LogP contribution in [0.1, 0.15) is 31.9 Å². The van der Waals surface area contributed by atoms with E-state index in [1.807, 2.05) is 42.5 Å². The SMILES string of the molecule is CC(C)(C)c1ccc(Oc2ccc(S(=O)[O-])cc2C=C2C(=O)NC(=S)N(c3ccc(Oc4ccccc4)cc3)C2=O)cc1. The van der Waals surface area contributed by atoms with Crippen molar-refractivity contribution in [3.8, 4) is 23.0 Å². The van der Waals surface area contributed by atoms with Gasteiger partial charge in [0.25, 0.3) is 11.8 Å². The molecule has 8 nitrogen and oxygen atoms in total. The smallest absolute Gasteiger partial charge is 0.270 e. The normalized spacial score (nSPS) is 15.3. The monoisotopic (exact) mass is 611 g/mol. The van der Waals surface area contributed by atoms with Crippen molar-refractivity contribution in [3.05, 3.63) is 114 Å². The van der Waals surface area contributed by atoms with Gasteiger partial charge in [0.1, 0.15) is 28.6 Å². The minimum absolute atomic E-state index is 0.0349. The summed E-state index contributed by atoms with van der Waals surface area (Å²) >= 11 is 2.78. The molecule has 1 saturated heterocycles. The lowest BCUT2D eigenvalue weighted by atomic mass is 9.87. The largest absolute Gasteiger partial charge is 0.768 e. The summed E-state index contributed by atoms with van der Waals surface area (Å²) in [7, 11) is 0. The molecule has 4 aromatic rings. The number of hydrogen-bond acceptors (Lipinski definition) is 7. The Hall–Kier alpha value is -4.64. The third-order valence-electron chi connectivity index (χ3n) is 6.60. The number of nitrogens with one attached hydrogen (secondary N) is 1. The molecule has 0 radical (unpaired) electrons. The van der Waals surface area contributed by atoms with Gasteiger partial charge < -0.3 is 14.0 Å². The van der Waals surface area contributed by atoms with Crippen molar-refractivity contribution in [2.45, 2.75) is 31.1 Å². The van der Waals surface area contributed by atoms with Crippen LogP contribution in [0.2, 0.25) is 0 Å². The second kappa shape index (κ2) is 12.3. The van der Waals surface area contributed by atoms with E-state index in [1.165, 1.54) is 29.2 Å². The molecular weight excluding hydrogens is 585 g/mol. The Balaban J connectivity index is 1.46. The van der Waals surface area contributed by atoms with E-state index in [0.29, 0.717) is 22.9 Å². The topological polar surface area (TPSA) is 108 Å². The third-order valence-corrected chi connectivity index (χ3v) is 7.52. The van der Waals surface area contributed by atoms with Gasteiger partial charge in [0.2, 0.25) is 0 Å². The first kappa shape index (κ1) is 29.8. The van der Waals surface area contributed by atoms with Gasteiger partial charge in [-0.05, 0) is 107 Å². The first-order valence-corrected chi connectivity index (χ1v) is 14.7. The Morgan fingerprint density at radius 3 is 2.07 bits per heavy atom. The maximum absolute atomic E-state index is 13.7. The Bertz CT molecular complexity index is 1750. The number of benzene rings is 4. The summed E-state index contributed by atoms with van der Waals surface area (Å²) < 4.78 is 35.4. The highest BCUT2D eigenvalue weighted by Gasteiger charge is 2.34. The molecule has 1 aliphatic heterocycles. The molecule has 1 aliphatic rings. The van der Waals surface area contributed by atoms with Gasteiger partial charge in [-0.2, -0.15) is 0 Å². The number of anilines is 1. The van der Waals surface area contributed by atoms with Gasteiger partial charge in [0.05, 0.1) is 5.69 Å². The number of thiocarbonyl (C=S) groups is 1. The lowest BCUT2D eigenvalue weighted by Crippen LogP contribution is -2.54. The summed E-state index contributed by atoms with van der Waals surface area (Å²) in [5, 5.41) is 2.46. The van der Waals surface area contributed by atoms with E-state index < -0.39 is 22.9 Å². The van der Waals surface area contributed by atoms with Crippen molar-refractivity contribution in [2.24, 2.45) is 0 Å². The van der Waals surface area contributed by atoms with Crippen molar-refractivity contribution >= 4 is 52.0 Å². The Morgan fingerprint density at radius 2 is 1.44 bits per heavy atom. The highest BCUT2D eigenvalue weighted by atomic mass is 32.2. The van der Waals surface area contributed by atoms with Crippen LogP contribution in [0.15, 0.2) is 108 Å². The van der Waals surface area contributed by atoms with Crippen molar-refractivity contribution in [1.29, 1.82) is 0 Å². The summed E-state index contributed by atoms with van der Waals surface area (Å²) in [5.41, 5.74) is 1.44. The maximum Gasteiger partial charge on any atom is 0.270 e. The molecule has 1 unspecified atom stereocenters. The second-order valence-corrected chi connectivity index (χ2v) is 12.0. The van der Waals surface area contributed by atoms with Crippen LogP contribution in [0.3, 0.4) is 0 Å². The van der Waals surface area contributed by atoms with Gasteiger partial charge in [-0.25, -0.2) is 0 Å². The number of carbonyl (C=O) groups is 2. The fourth-order valence-corrected chi connectivity index (χ4v) is 5.00. The van der Waals surface area contributed by atoms with E-state index in [1.54, 1.807) is 36.4 Å². The second-order valence-electron chi connectivity index (χ2n) is 10.7. The van der Waals surface area contributed by atoms with Crippen LogP contribution in [0, 0.1) is 0 Å². The lowest BCUT2D eigenvalue weighted by molar-refractivity contribution is -0.122. The molecule has 0 aromatic heterocycles. The first-order chi connectivity index (χ1) is 20.5. The van der Waals surface area contributed by atoms with E-state index in [0.717, 1.165) is 5.56 Å². The predicted octanol–water partition coefficient (Wildman–Crippen LogP) is 6.64. The van der Waals surface area contributed by atoms with E-state index in [9.17, 15) is 18.4 Å². The molecule has 0 saturated carbocycles. The van der Waals surface area contributed by atoms with Crippen LogP contribution < -0.4 is 19.7 Å². The molecule has 5 rings (SSSR count). The molecule has 1 atom stereocenters. The molecule has 4 aromatic carbocycles. The van der Waals surface area contributed by atoms with Gasteiger partial charge in [0.15, 0.2) is 5.11 Å². The summed E-state index contributed by atoms with van der Waals surface area (Å²) in [6.45, 7) is 6.30. The fourth-order valence-electron chi connectivity index (χ4n) is 4.32. The molecule has 10 heteroatoms. The molecule has 218 valence electrons. The standard InChI is InChI=1S/C33H28N2O6S2/c1-33(2,3)22-9-13-26(14-10-22)41-29-18-17-27(43(38)39)19-21(29)20-28-30(36)34-32(42)35(31(28)37)23-11-15-25(16-12-23)40-24-7-5-4-6-8-24/h4-20H,1-3H3,(H,38,39)(H,34,36,42)/p-1. The summed E-state index contributed by atoms with van der Waals surface area (Å²) in [5.74, 6) is 0.562. The summed E-state index contributed by atoms with van der Waals surface area (Å²) in [4.78, 5) is 27.8. The minimum Gasteiger partial charge on any atom is -0.768 e. The van der Waals surface area contributed by atoms with Crippen LogP contribution in [0.25, 0.3) is 6.08 Å². The highest BCUT2D eigenvalue weighted by molar-refractivity contribution is 7.80. The molecule has 0 aliphatic carbocycles. The lowest BCUT2D eigenvalue weighted by Gasteiger charge is -2.29. The first-order valence-electron chi connectivity index (χ1n) is 13.3. The Kier molecular flexibility index (Phi) is 8.54. The van der Waals surface area contributed by atoms with Crippen molar-refractivity contribution < 1.29 is 27.8 Å². The van der Waals surface area contributed by atoms with Crippen LogP contribution in [0.5, 0.6) is 23.0 Å². The molecular formula is C33H27N2O6S2-. The zero-order valence-corrected chi connectivity index (χ0v) is 25.2. The zero-order chi connectivity index (χ0) is 30.7. The molecule has 43 heavy (non-hydrogen) atoms. The quantitative estimate of drug-likeness (QED) is 0.108. The summed E-state index contributed by atoms with van der Waals surface area (Å²) in [6, 6.07) is 27.6. The fraction of sp³-hybridized carbons (Fsp3) is 0.121. The van der Waals surface area contributed by atoms with Gasteiger partial charge in [0, 0.05) is 10.5 Å². The molecule has 2 amide bonds. The maximum atomic E-state index is 13.7. The third kappa shape index (κ3) is 6.89. The van der Waals surface area contributed by atoms with E-state index in [-0.39, 0.29) is 32.3 Å². The number of amides is 2. The zero-order valence-electron chi connectivity index (χ0n) is 23.5. The number of hydrogen-bond donors (Lipinski definition) is 1. The molecule has 1 N–H and O–H groups in total. The van der Waals surface area contributed by atoms with Crippen LogP contribution in [-0.4, -0.2) is 25.7 Å². The Labute approximate surface area is 257 Å². The van der Waals surface area contributed by atoms with Gasteiger partial charge in [-0.1, -0.05) is 51.1 Å². The van der Waals surface area contributed by atoms with Crippen molar-refractivity contribution in [3.63, 3.8) is 0 Å². The van der Waals surface area contributed by atoms with Gasteiger partial charge >= 0.3 is 0 Å². The van der Waals surface area contributed by atoms with Crippen molar-refractivity contribution in [2.75, 3.05) is 4.90 Å². The van der Waals surface area contributed by atoms with Crippen LogP contribution >= 0.6 is 12.2 Å². The average Bonchev–Trinajstić information content (AvgIpc) is 2.97.